The summed E-state index contributed by atoms with van der Waals surface area (Å²) in [6.07, 6.45) is 2.27. The van der Waals surface area contributed by atoms with Crippen molar-refractivity contribution in [3.63, 3.8) is 0 Å². The summed E-state index contributed by atoms with van der Waals surface area (Å²) in [4.78, 5) is 0. The average molecular weight is 422 g/mol. The highest BCUT2D eigenvalue weighted by atomic mass is 15.0. The van der Waals surface area contributed by atoms with E-state index in [1.807, 2.05) is 14.0 Å². The monoisotopic (exact) mass is 421 g/mol. The number of benzene rings is 1. The number of nitrogens with one attached hydrogen (secondary N) is 3. The number of hydrogen-bond acceptors (Lipinski definition) is 3. The van der Waals surface area contributed by atoms with Crippen LogP contribution in [0.3, 0.4) is 0 Å². The number of hydrogen-bond donors (Lipinski definition) is 3. The Bertz CT molecular complexity index is 853. The standard InChI is InChI=1S/C28H43N3/c1-17(2)20(6)24-11-13-25(14-12-24)31-22(8)27-16-19(5)15-26(27)21(7)28(23(9)29-10)30-18(3)4/h11-14,19,23,27-31H,3,8,15-16H2,1-2,4-7,9-10H3/b26-21+. The molecule has 4 unspecified atom stereocenters. The van der Waals surface area contributed by atoms with E-state index in [-0.39, 0.29) is 6.04 Å². The van der Waals surface area contributed by atoms with Crippen molar-refractivity contribution in [3.8, 4) is 0 Å². The Balaban J connectivity index is 2.26. The van der Waals surface area contributed by atoms with Crippen molar-refractivity contribution in [2.24, 2.45) is 11.8 Å². The van der Waals surface area contributed by atoms with Crippen LogP contribution in [0.1, 0.15) is 66.9 Å². The van der Waals surface area contributed by atoms with Crippen molar-refractivity contribution in [3.05, 3.63) is 71.1 Å². The van der Waals surface area contributed by atoms with E-state index >= 15 is 0 Å². The second kappa shape index (κ2) is 10.9. The maximum Gasteiger partial charge on any atom is 0.0621 e. The van der Waals surface area contributed by atoms with E-state index in [0.717, 1.165) is 29.9 Å². The van der Waals surface area contributed by atoms with E-state index in [0.29, 0.717) is 17.9 Å². The first-order valence-corrected chi connectivity index (χ1v) is 11.5. The summed E-state index contributed by atoms with van der Waals surface area (Å²) >= 11 is 0. The minimum absolute atomic E-state index is 0.226. The van der Waals surface area contributed by atoms with Gasteiger partial charge >= 0.3 is 0 Å². The van der Waals surface area contributed by atoms with E-state index in [2.05, 4.69) is 94.9 Å². The number of allylic oxidation sites excluding steroid dienone is 4. The summed E-state index contributed by atoms with van der Waals surface area (Å²) in [5.74, 6) is 1.01. The van der Waals surface area contributed by atoms with Crippen molar-refractivity contribution in [1.29, 1.82) is 0 Å². The second-order valence-electron chi connectivity index (χ2n) is 9.64. The predicted octanol–water partition coefficient (Wildman–Crippen LogP) is 6.89. The Morgan fingerprint density at radius 1 is 1.03 bits per heavy atom. The van der Waals surface area contributed by atoms with Crippen molar-refractivity contribution in [2.45, 2.75) is 73.4 Å². The molecule has 170 valence electrons. The topological polar surface area (TPSA) is 36.1 Å². The average Bonchev–Trinajstić information content (AvgIpc) is 3.12. The molecule has 0 radical (unpaired) electrons. The van der Waals surface area contributed by atoms with Gasteiger partial charge in [-0.2, -0.15) is 0 Å². The highest BCUT2D eigenvalue weighted by Crippen LogP contribution is 2.42. The normalized spacial score (nSPS) is 21.8. The van der Waals surface area contributed by atoms with Gasteiger partial charge in [0.15, 0.2) is 0 Å². The van der Waals surface area contributed by atoms with Gasteiger partial charge in [0.1, 0.15) is 0 Å². The summed E-state index contributed by atoms with van der Waals surface area (Å²) in [5.41, 5.74) is 10.1. The molecule has 0 heterocycles. The molecule has 0 saturated heterocycles. The fraction of sp³-hybridized carbons (Fsp3) is 0.500. The zero-order chi connectivity index (χ0) is 23.3. The molecule has 1 saturated carbocycles. The summed E-state index contributed by atoms with van der Waals surface area (Å²) in [6.45, 7) is 23.9. The fourth-order valence-electron chi connectivity index (χ4n) is 4.54. The van der Waals surface area contributed by atoms with Crippen LogP contribution in [0.15, 0.2) is 65.5 Å². The Morgan fingerprint density at radius 3 is 2.16 bits per heavy atom. The van der Waals surface area contributed by atoms with Crippen LogP contribution in [0.25, 0.3) is 5.57 Å². The first-order chi connectivity index (χ1) is 14.5. The molecule has 4 atom stereocenters. The van der Waals surface area contributed by atoms with Crippen LogP contribution < -0.4 is 16.0 Å². The van der Waals surface area contributed by atoms with Crippen molar-refractivity contribution >= 4 is 11.3 Å². The molecule has 31 heavy (non-hydrogen) atoms. The van der Waals surface area contributed by atoms with Crippen molar-refractivity contribution in [2.75, 3.05) is 12.4 Å². The second-order valence-corrected chi connectivity index (χ2v) is 9.64. The van der Waals surface area contributed by atoms with Crippen LogP contribution in [0, 0.1) is 11.8 Å². The maximum absolute atomic E-state index is 4.46. The van der Waals surface area contributed by atoms with E-state index in [1.54, 1.807) is 0 Å². The van der Waals surface area contributed by atoms with Gasteiger partial charge < -0.3 is 16.0 Å². The van der Waals surface area contributed by atoms with Gasteiger partial charge in [0.25, 0.3) is 0 Å². The molecular formula is C28H43N3. The molecule has 0 aliphatic heterocycles. The Labute approximate surface area is 190 Å². The molecule has 0 bridgehead atoms. The van der Waals surface area contributed by atoms with E-state index in [4.69, 9.17) is 0 Å². The molecule has 1 aliphatic carbocycles. The molecule has 3 nitrogen and oxygen atoms in total. The van der Waals surface area contributed by atoms with Crippen LogP contribution in [0.2, 0.25) is 0 Å². The molecule has 3 N–H and O–H groups in total. The molecule has 0 amide bonds. The third kappa shape index (κ3) is 6.36. The third-order valence-corrected chi connectivity index (χ3v) is 6.75. The molecule has 1 aromatic rings. The summed E-state index contributed by atoms with van der Waals surface area (Å²) in [7, 11) is 2.02. The minimum Gasteiger partial charge on any atom is -0.381 e. The molecule has 1 aliphatic rings. The molecular weight excluding hydrogens is 378 g/mol. The van der Waals surface area contributed by atoms with Gasteiger partial charge in [0, 0.05) is 29.0 Å². The summed E-state index contributed by atoms with van der Waals surface area (Å²) in [6, 6.07) is 9.25. The minimum atomic E-state index is 0.226. The van der Waals surface area contributed by atoms with Gasteiger partial charge in [-0.25, -0.2) is 0 Å². The lowest BCUT2D eigenvalue weighted by atomic mass is 9.89. The SMILES string of the molecule is C=C(C)NC(/C(C)=C1\CC(C)CC1C(=C)Nc1ccc(C(C)=C(C)C)cc1)C(C)NC. The van der Waals surface area contributed by atoms with Crippen LogP contribution in [-0.4, -0.2) is 19.1 Å². The summed E-state index contributed by atoms with van der Waals surface area (Å²) in [5, 5.41) is 10.6. The Morgan fingerprint density at radius 2 is 1.65 bits per heavy atom. The van der Waals surface area contributed by atoms with E-state index in [1.165, 1.54) is 27.9 Å². The molecule has 0 spiro atoms. The highest BCUT2D eigenvalue weighted by Gasteiger charge is 2.32. The van der Waals surface area contributed by atoms with Gasteiger partial charge in [-0.05, 0) is 96.2 Å². The molecule has 0 aromatic heterocycles. The molecule has 1 fully saturated rings. The summed E-state index contributed by atoms with van der Waals surface area (Å²) < 4.78 is 0. The first-order valence-electron chi connectivity index (χ1n) is 11.5. The van der Waals surface area contributed by atoms with E-state index < -0.39 is 0 Å². The van der Waals surface area contributed by atoms with E-state index in [9.17, 15) is 0 Å². The van der Waals surface area contributed by atoms with Gasteiger partial charge in [0.05, 0.1) is 6.04 Å². The lowest BCUT2D eigenvalue weighted by molar-refractivity contribution is 0.474. The molecule has 3 heteroatoms. The highest BCUT2D eigenvalue weighted by molar-refractivity contribution is 5.68. The lowest BCUT2D eigenvalue weighted by Crippen LogP contribution is -2.45. The fourth-order valence-corrected chi connectivity index (χ4v) is 4.54. The number of likely N-dealkylation sites (N-methyl/N-ethyl adjacent to an activating group) is 1. The van der Waals surface area contributed by atoms with Crippen molar-refractivity contribution in [1.82, 2.24) is 10.6 Å². The van der Waals surface area contributed by atoms with Crippen LogP contribution >= 0.6 is 0 Å². The Kier molecular flexibility index (Phi) is 8.76. The maximum atomic E-state index is 4.46. The predicted molar refractivity (Wildman–Crippen MR) is 138 cm³/mol. The van der Waals surface area contributed by atoms with Gasteiger partial charge in [-0.15, -0.1) is 0 Å². The van der Waals surface area contributed by atoms with Crippen LogP contribution in [0.4, 0.5) is 5.69 Å². The zero-order valence-corrected chi connectivity index (χ0v) is 20.9. The quantitative estimate of drug-likeness (QED) is 0.380. The van der Waals surface area contributed by atoms with Gasteiger partial charge in [-0.3, -0.25) is 0 Å². The zero-order valence-electron chi connectivity index (χ0n) is 20.9. The third-order valence-electron chi connectivity index (χ3n) is 6.75. The van der Waals surface area contributed by atoms with Crippen molar-refractivity contribution < 1.29 is 0 Å². The van der Waals surface area contributed by atoms with Crippen LogP contribution in [0.5, 0.6) is 0 Å². The molecule has 1 aromatic carbocycles. The number of anilines is 1. The lowest BCUT2D eigenvalue weighted by Gasteiger charge is -2.30. The van der Waals surface area contributed by atoms with Crippen LogP contribution in [-0.2, 0) is 0 Å². The van der Waals surface area contributed by atoms with Gasteiger partial charge in [-0.1, -0.05) is 43.4 Å². The largest absolute Gasteiger partial charge is 0.381 e. The number of rotatable bonds is 9. The first kappa shape index (κ1) is 25.0. The smallest absolute Gasteiger partial charge is 0.0621 e. The Hall–Kier alpha value is -2.26. The molecule has 2 rings (SSSR count). The van der Waals surface area contributed by atoms with Gasteiger partial charge in [0.2, 0.25) is 0 Å².